The van der Waals surface area contributed by atoms with Crippen molar-refractivity contribution in [1.82, 2.24) is 20.1 Å². The average molecular weight is 488 g/mol. The molecule has 4 rings (SSSR count). The Kier molecular flexibility index (Phi) is 7.51. The van der Waals surface area contributed by atoms with Crippen LogP contribution >= 0.6 is 11.8 Å². The highest BCUT2D eigenvalue weighted by atomic mass is 32.2. The fourth-order valence-corrected chi connectivity index (χ4v) is 4.49. The van der Waals surface area contributed by atoms with Gasteiger partial charge in [-0.05, 0) is 47.9 Å². The Labute approximate surface area is 209 Å². The quantitative estimate of drug-likeness (QED) is 0.336. The molecule has 0 radical (unpaired) electrons. The Hall–Kier alpha value is -3.65. The highest BCUT2D eigenvalue weighted by Gasteiger charge is 2.25. The number of hydrogen-bond donors (Lipinski definition) is 2. The van der Waals surface area contributed by atoms with E-state index >= 15 is 0 Å². The summed E-state index contributed by atoms with van der Waals surface area (Å²) in [6.45, 7) is 6.04. The number of rotatable bonds is 8. The lowest BCUT2D eigenvalue weighted by atomic mass is 10.0. The molecule has 0 fully saturated rings. The van der Waals surface area contributed by atoms with Gasteiger partial charge in [0, 0.05) is 18.3 Å². The van der Waals surface area contributed by atoms with Crippen molar-refractivity contribution in [3.8, 4) is 0 Å². The molecule has 7 nitrogen and oxygen atoms in total. The van der Waals surface area contributed by atoms with Crippen LogP contribution in [0, 0.1) is 12.8 Å². The molecular weight excluding hydrogens is 458 g/mol. The first-order valence-electron chi connectivity index (χ1n) is 11.5. The standard InChI is InChI=1S/C27H29N5O2S/c1-17(2)24(29-26(34)20-11-9-18(3)10-12-20)25-30-31-27(32(25)4)35-16-23(33)28-22-14-13-19-7-5-6-8-21(19)15-22/h5-15,17,24H,16H2,1-4H3,(H,28,33)(H,29,34)/t24-/m1/s1. The van der Waals surface area contributed by atoms with Crippen molar-refractivity contribution < 1.29 is 9.59 Å². The van der Waals surface area contributed by atoms with Crippen LogP contribution in [-0.4, -0.2) is 32.3 Å². The lowest BCUT2D eigenvalue weighted by Gasteiger charge is -2.21. The third-order valence-electron chi connectivity index (χ3n) is 5.78. The SMILES string of the molecule is Cc1ccc(C(=O)N[C@@H](c2nnc(SCC(=O)Nc3ccc4ccccc4c3)n2C)C(C)C)cc1. The van der Waals surface area contributed by atoms with E-state index in [1.54, 1.807) is 0 Å². The van der Waals surface area contributed by atoms with Crippen molar-refractivity contribution in [2.24, 2.45) is 13.0 Å². The lowest BCUT2D eigenvalue weighted by Crippen LogP contribution is -2.33. The lowest BCUT2D eigenvalue weighted by molar-refractivity contribution is -0.113. The van der Waals surface area contributed by atoms with Gasteiger partial charge in [-0.3, -0.25) is 9.59 Å². The van der Waals surface area contributed by atoms with E-state index in [0.29, 0.717) is 16.5 Å². The van der Waals surface area contributed by atoms with E-state index in [4.69, 9.17) is 0 Å². The summed E-state index contributed by atoms with van der Waals surface area (Å²) in [6.07, 6.45) is 0. The van der Waals surface area contributed by atoms with Gasteiger partial charge in [0.05, 0.1) is 11.8 Å². The van der Waals surface area contributed by atoms with Gasteiger partial charge in [0.25, 0.3) is 5.91 Å². The van der Waals surface area contributed by atoms with Crippen LogP contribution in [0.1, 0.15) is 41.6 Å². The molecule has 35 heavy (non-hydrogen) atoms. The van der Waals surface area contributed by atoms with Crippen LogP contribution in [0.25, 0.3) is 10.8 Å². The predicted octanol–water partition coefficient (Wildman–Crippen LogP) is 5.13. The van der Waals surface area contributed by atoms with Crippen molar-refractivity contribution in [2.45, 2.75) is 32.0 Å². The number of amides is 2. The first-order valence-corrected chi connectivity index (χ1v) is 12.5. The maximum absolute atomic E-state index is 12.8. The van der Waals surface area contributed by atoms with E-state index in [9.17, 15) is 9.59 Å². The Balaban J connectivity index is 1.40. The van der Waals surface area contributed by atoms with Crippen LogP contribution < -0.4 is 10.6 Å². The molecule has 2 N–H and O–H groups in total. The van der Waals surface area contributed by atoms with Crippen LogP contribution in [0.4, 0.5) is 5.69 Å². The van der Waals surface area contributed by atoms with Crippen molar-refractivity contribution in [1.29, 1.82) is 0 Å². The number of carbonyl (C=O) groups excluding carboxylic acids is 2. The minimum atomic E-state index is -0.318. The van der Waals surface area contributed by atoms with E-state index < -0.39 is 0 Å². The second-order valence-corrected chi connectivity index (χ2v) is 9.80. The van der Waals surface area contributed by atoms with Gasteiger partial charge in [-0.1, -0.05) is 73.6 Å². The predicted molar refractivity (Wildman–Crippen MR) is 141 cm³/mol. The molecule has 1 atom stereocenters. The van der Waals surface area contributed by atoms with E-state index in [0.717, 1.165) is 22.0 Å². The average Bonchev–Trinajstić information content (AvgIpc) is 3.21. The van der Waals surface area contributed by atoms with Gasteiger partial charge in [0.1, 0.15) is 0 Å². The molecular formula is C27H29N5O2S. The maximum Gasteiger partial charge on any atom is 0.251 e. The summed E-state index contributed by atoms with van der Waals surface area (Å²) in [5.74, 6) is 0.666. The number of anilines is 1. The molecule has 8 heteroatoms. The van der Waals surface area contributed by atoms with Crippen LogP contribution in [-0.2, 0) is 11.8 Å². The Bertz CT molecular complexity index is 1350. The highest BCUT2D eigenvalue weighted by molar-refractivity contribution is 7.99. The summed E-state index contributed by atoms with van der Waals surface area (Å²) in [7, 11) is 1.85. The minimum absolute atomic E-state index is 0.0985. The molecule has 0 aliphatic rings. The van der Waals surface area contributed by atoms with E-state index in [1.165, 1.54) is 11.8 Å². The van der Waals surface area contributed by atoms with Crippen molar-refractivity contribution in [3.05, 3.63) is 83.7 Å². The zero-order chi connectivity index (χ0) is 24.9. The van der Waals surface area contributed by atoms with Gasteiger partial charge in [0.2, 0.25) is 5.91 Å². The molecule has 0 aliphatic heterocycles. The Morgan fingerprint density at radius 3 is 2.40 bits per heavy atom. The molecule has 0 unspecified atom stereocenters. The summed E-state index contributed by atoms with van der Waals surface area (Å²) in [6, 6.07) is 21.0. The van der Waals surface area contributed by atoms with E-state index in [2.05, 4.69) is 20.8 Å². The maximum atomic E-state index is 12.8. The second kappa shape index (κ2) is 10.7. The molecule has 4 aromatic rings. The molecule has 3 aromatic carbocycles. The van der Waals surface area contributed by atoms with Crippen LogP contribution in [0.3, 0.4) is 0 Å². The molecule has 0 spiro atoms. The first-order chi connectivity index (χ1) is 16.8. The Morgan fingerprint density at radius 1 is 0.971 bits per heavy atom. The number of benzene rings is 3. The van der Waals surface area contributed by atoms with Gasteiger partial charge in [-0.25, -0.2) is 0 Å². The Morgan fingerprint density at radius 2 is 1.69 bits per heavy atom. The van der Waals surface area contributed by atoms with E-state index in [-0.39, 0.29) is 29.5 Å². The summed E-state index contributed by atoms with van der Waals surface area (Å²) >= 11 is 1.31. The van der Waals surface area contributed by atoms with Crippen LogP contribution in [0.15, 0.2) is 71.9 Å². The third-order valence-corrected chi connectivity index (χ3v) is 6.80. The summed E-state index contributed by atoms with van der Waals surface area (Å²) in [5.41, 5.74) is 2.46. The molecule has 1 heterocycles. The minimum Gasteiger partial charge on any atom is -0.342 e. The largest absolute Gasteiger partial charge is 0.342 e. The number of aryl methyl sites for hydroxylation is 1. The molecule has 0 saturated heterocycles. The number of hydrogen-bond acceptors (Lipinski definition) is 5. The monoisotopic (exact) mass is 487 g/mol. The van der Waals surface area contributed by atoms with Crippen molar-refractivity contribution >= 4 is 40.0 Å². The second-order valence-electron chi connectivity index (χ2n) is 8.86. The van der Waals surface area contributed by atoms with Gasteiger partial charge >= 0.3 is 0 Å². The topological polar surface area (TPSA) is 88.9 Å². The molecule has 2 amide bonds. The van der Waals surface area contributed by atoms with Gasteiger partial charge in [-0.15, -0.1) is 10.2 Å². The van der Waals surface area contributed by atoms with Crippen LogP contribution in [0.2, 0.25) is 0 Å². The van der Waals surface area contributed by atoms with Gasteiger partial charge in [-0.2, -0.15) is 0 Å². The number of fused-ring (bicyclic) bond motifs is 1. The molecule has 0 aliphatic carbocycles. The fraction of sp³-hybridized carbons (Fsp3) is 0.259. The van der Waals surface area contributed by atoms with E-state index in [1.807, 2.05) is 99.1 Å². The van der Waals surface area contributed by atoms with Crippen molar-refractivity contribution in [2.75, 3.05) is 11.1 Å². The van der Waals surface area contributed by atoms with Gasteiger partial charge < -0.3 is 15.2 Å². The molecule has 1 aromatic heterocycles. The van der Waals surface area contributed by atoms with Gasteiger partial charge in [0.15, 0.2) is 11.0 Å². The normalized spacial score (nSPS) is 12.0. The zero-order valence-corrected chi connectivity index (χ0v) is 21.1. The first kappa shape index (κ1) is 24.5. The third kappa shape index (κ3) is 5.89. The number of aromatic nitrogens is 3. The molecule has 180 valence electrons. The molecule has 0 saturated carbocycles. The number of nitrogens with one attached hydrogen (secondary N) is 2. The molecule has 0 bridgehead atoms. The fourth-order valence-electron chi connectivity index (χ4n) is 3.78. The van der Waals surface area contributed by atoms with Crippen molar-refractivity contribution in [3.63, 3.8) is 0 Å². The number of nitrogens with zero attached hydrogens (tertiary/aromatic N) is 3. The summed E-state index contributed by atoms with van der Waals surface area (Å²) in [4.78, 5) is 25.4. The number of thioether (sulfide) groups is 1. The summed E-state index contributed by atoms with van der Waals surface area (Å²) < 4.78 is 1.84. The number of carbonyl (C=O) groups is 2. The summed E-state index contributed by atoms with van der Waals surface area (Å²) in [5, 5.41) is 17.5. The highest BCUT2D eigenvalue weighted by Crippen LogP contribution is 2.25. The van der Waals surface area contributed by atoms with Crippen LogP contribution in [0.5, 0.6) is 0 Å². The zero-order valence-electron chi connectivity index (χ0n) is 20.3. The smallest absolute Gasteiger partial charge is 0.251 e.